The van der Waals surface area contributed by atoms with E-state index in [9.17, 15) is 45.9 Å². The summed E-state index contributed by atoms with van der Waals surface area (Å²) in [5.74, 6) is -4.24. The number of carbonyl (C=O) groups excluding carboxylic acids is 5. The molecule has 10 rings (SSSR count). The Morgan fingerprint density at radius 1 is 0.238 bits per heavy atom. The van der Waals surface area contributed by atoms with E-state index in [-0.39, 0.29) is 76.7 Å². The maximum atomic E-state index is 13.3. The number of hydrogen-bond acceptors (Lipinski definition) is 15. The summed E-state index contributed by atoms with van der Waals surface area (Å²) >= 11 is 19.6. The third kappa shape index (κ3) is 31.5. The lowest BCUT2D eigenvalue weighted by Crippen LogP contribution is -2.08. The SMILES string of the molecule is CCCc1ccc(C(=O)Oc2ccc(S)c(F)c2)cc1.CCCc1ccc(C(=O)Oc2ccc(S)c(F)c2)cc1.CCCc1ccc(C(=O)Oc2ccc(S)c(F)c2)cc1.CCCc1ccc(C(=O)Oc2ccc(S)c(F)c2)cc1.CCCc1ccc(C(=O)Oc2ccc(S)c(F)c2)cc1.F.F.F.F.F. The van der Waals surface area contributed by atoms with Crippen molar-refractivity contribution in [3.63, 3.8) is 0 Å². The normalized spacial score (nSPS) is 9.86. The minimum atomic E-state index is -0.517. The van der Waals surface area contributed by atoms with Crippen LogP contribution < -0.4 is 23.7 Å². The summed E-state index contributed by atoms with van der Waals surface area (Å²) < 4.78 is 92.1. The molecular formula is C80H80F10O10S5. The second-order valence-corrected chi connectivity index (χ2v) is 24.7. The highest BCUT2D eigenvalue weighted by Crippen LogP contribution is 2.26. The van der Waals surface area contributed by atoms with E-state index in [0.29, 0.717) is 27.8 Å². The molecule has 0 atom stereocenters. The summed E-state index contributed by atoms with van der Waals surface area (Å²) in [6.45, 7) is 10.5. The van der Waals surface area contributed by atoms with Crippen LogP contribution in [0.5, 0.6) is 28.7 Å². The Hall–Kier alpha value is -9.40. The van der Waals surface area contributed by atoms with E-state index in [4.69, 9.17) is 23.7 Å². The molecule has 0 heterocycles. The molecule has 0 aliphatic heterocycles. The third-order valence-corrected chi connectivity index (χ3v) is 16.1. The van der Waals surface area contributed by atoms with Gasteiger partial charge in [-0.05, 0) is 181 Å². The number of ether oxygens (including phenoxy) is 5. The molecular weight excluding hydrogens is 1470 g/mol. The minimum Gasteiger partial charge on any atom is -0.423 e. The highest BCUT2D eigenvalue weighted by molar-refractivity contribution is 7.81. The van der Waals surface area contributed by atoms with Gasteiger partial charge in [-0.2, -0.15) is 0 Å². The van der Waals surface area contributed by atoms with Gasteiger partial charge >= 0.3 is 29.8 Å². The molecule has 10 aromatic rings. The van der Waals surface area contributed by atoms with Gasteiger partial charge in [-0.15, -0.1) is 63.1 Å². The fourth-order valence-corrected chi connectivity index (χ4v) is 9.76. The number of benzene rings is 10. The van der Waals surface area contributed by atoms with Crippen molar-refractivity contribution >= 4 is 93.0 Å². The monoisotopic (exact) mass is 1550 g/mol. The molecule has 0 saturated carbocycles. The van der Waals surface area contributed by atoms with E-state index in [1.807, 2.05) is 60.7 Å². The van der Waals surface area contributed by atoms with Crippen LogP contribution >= 0.6 is 63.1 Å². The predicted molar refractivity (Wildman–Crippen MR) is 408 cm³/mol. The van der Waals surface area contributed by atoms with Gasteiger partial charge in [-0.25, -0.2) is 45.9 Å². The fourth-order valence-electron chi connectivity index (χ4n) is 9.07. The number of rotatable bonds is 20. The molecule has 0 saturated heterocycles. The lowest BCUT2D eigenvalue weighted by atomic mass is 10.1. The summed E-state index contributed by atoms with van der Waals surface area (Å²) in [4.78, 5) is 60.7. The van der Waals surface area contributed by atoms with Crippen LogP contribution in [0.15, 0.2) is 237 Å². The maximum Gasteiger partial charge on any atom is 0.343 e. The minimum absolute atomic E-state index is 0. The number of thiol groups is 5. The molecule has 10 aromatic carbocycles. The molecule has 0 radical (unpaired) electrons. The van der Waals surface area contributed by atoms with E-state index in [2.05, 4.69) is 97.8 Å². The van der Waals surface area contributed by atoms with Crippen molar-refractivity contribution in [3.8, 4) is 28.7 Å². The average Bonchev–Trinajstić information content (AvgIpc) is 0.875. The number of aryl methyl sites for hydroxylation is 5. The second kappa shape index (κ2) is 48.6. The van der Waals surface area contributed by atoms with Crippen molar-refractivity contribution in [1.82, 2.24) is 0 Å². The quantitative estimate of drug-likeness (QED) is 0.0218. The molecule has 0 bridgehead atoms. The number of carbonyl (C=O) groups is 5. The van der Waals surface area contributed by atoms with E-state index in [0.717, 1.165) is 94.5 Å². The summed E-state index contributed by atoms with van der Waals surface area (Å²) in [6.07, 6.45) is 10.2. The summed E-state index contributed by atoms with van der Waals surface area (Å²) in [7, 11) is 0. The van der Waals surface area contributed by atoms with Gasteiger partial charge in [0.05, 0.1) is 27.8 Å². The first kappa shape index (κ1) is 93.6. The summed E-state index contributed by atoms with van der Waals surface area (Å²) in [5, 5.41) is 0. The fraction of sp³-hybridized carbons (Fsp3) is 0.188. The average molecular weight is 1550 g/mol. The van der Waals surface area contributed by atoms with Gasteiger partial charge in [0.25, 0.3) is 0 Å². The van der Waals surface area contributed by atoms with Crippen molar-refractivity contribution in [2.75, 3.05) is 0 Å². The first-order valence-electron chi connectivity index (χ1n) is 32.0. The molecule has 0 aromatic heterocycles. The molecule has 0 aliphatic rings. The number of halogens is 10. The van der Waals surface area contributed by atoms with Crippen molar-refractivity contribution in [2.24, 2.45) is 0 Å². The van der Waals surface area contributed by atoms with E-state index in [1.165, 1.54) is 88.5 Å². The van der Waals surface area contributed by atoms with Gasteiger partial charge in [0.15, 0.2) is 0 Å². The number of hydrogen-bond donors (Lipinski definition) is 5. The number of esters is 5. The van der Waals surface area contributed by atoms with Crippen LogP contribution in [-0.2, 0) is 32.1 Å². The Labute approximate surface area is 631 Å². The molecule has 0 amide bonds. The van der Waals surface area contributed by atoms with E-state index in [1.54, 1.807) is 60.7 Å². The van der Waals surface area contributed by atoms with Crippen molar-refractivity contribution < 1.29 is 93.1 Å². The zero-order valence-corrected chi connectivity index (χ0v) is 62.0. The van der Waals surface area contributed by atoms with Crippen LogP contribution in [0.3, 0.4) is 0 Å². The summed E-state index contributed by atoms with van der Waals surface area (Å²) in [6, 6.07) is 56.7. The van der Waals surface area contributed by atoms with Crippen LogP contribution in [0.4, 0.5) is 45.5 Å². The van der Waals surface area contributed by atoms with E-state index < -0.39 is 58.9 Å². The maximum absolute atomic E-state index is 13.3. The van der Waals surface area contributed by atoms with Gasteiger partial charge in [0.1, 0.15) is 57.8 Å². The summed E-state index contributed by atoms with van der Waals surface area (Å²) in [5.41, 5.74) is 8.10. The van der Waals surface area contributed by atoms with Gasteiger partial charge in [-0.1, -0.05) is 127 Å². The molecule has 0 fully saturated rings. The molecule has 560 valence electrons. The lowest BCUT2D eigenvalue weighted by Gasteiger charge is -2.06. The van der Waals surface area contributed by atoms with Crippen LogP contribution in [0, 0.1) is 29.1 Å². The van der Waals surface area contributed by atoms with Crippen LogP contribution in [0.25, 0.3) is 0 Å². The van der Waals surface area contributed by atoms with Crippen molar-refractivity contribution in [3.05, 3.63) is 297 Å². The highest BCUT2D eigenvalue weighted by atomic mass is 32.1. The molecule has 10 nitrogen and oxygen atoms in total. The molecule has 25 heteroatoms. The predicted octanol–water partition coefficient (Wildman–Crippen LogP) is 22.2. The zero-order valence-electron chi connectivity index (χ0n) is 57.5. The van der Waals surface area contributed by atoms with Gasteiger partial charge < -0.3 is 23.7 Å². The van der Waals surface area contributed by atoms with Gasteiger partial charge in [0, 0.05) is 54.8 Å². The van der Waals surface area contributed by atoms with Crippen molar-refractivity contribution in [2.45, 2.75) is 123 Å². The molecule has 0 unspecified atom stereocenters. The van der Waals surface area contributed by atoms with Gasteiger partial charge in [-0.3, -0.25) is 23.5 Å². The Kier molecular flexibility index (Phi) is 43.3. The standard InChI is InChI=1S/5C16H15FO2S.5FH/c5*1-2-3-11-4-6-12(7-5-11)16(18)19-13-8-9-15(20)14(17)10-13;;;;;/h5*4-10,20H,2-3H2,1H3;5*1H. The van der Waals surface area contributed by atoms with Crippen LogP contribution in [0.1, 0.15) is 146 Å². The smallest absolute Gasteiger partial charge is 0.343 e. The first-order valence-corrected chi connectivity index (χ1v) is 34.2. The third-order valence-electron chi connectivity index (χ3n) is 14.3. The molecule has 105 heavy (non-hydrogen) atoms. The largest absolute Gasteiger partial charge is 0.423 e. The lowest BCUT2D eigenvalue weighted by molar-refractivity contribution is 0.0724. The Balaban J connectivity index is 0.000000649. The molecule has 0 N–H and O–H groups in total. The van der Waals surface area contributed by atoms with Crippen LogP contribution in [0.2, 0.25) is 0 Å². The Bertz CT molecular complexity index is 3710. The highest BCUT2D eigenvalue weighted by Gasteiger charge is 2.16. The molecule has 0 aliphatic carbocycles. The zero-order chi connectivity index (χ0) is 72.7. The first-order chi connectivity index (χ1) is 48.0. The van der Waals surface area contributed by atoms with E-state index >= 15 is 0 Å². The Morgan fingerprint density at radius 3 is 0.486 bits per heavy atom. The topological polar surface area (TPSA) is 132 Å². The van der Waals surface area contributed by atoms with Gasteiger partial charge in [0.2, 0.25) is 0 Å². The van der Waals surface area contributed by atoms with Crippen LogP contribution in [-0.4, -0.2) is 29.8 Å². The second-order valence-electron chi connectivity index (χ2n) is 22.2. The van der Waals surface area contributed by atoms with Crippen molar-refractivity contribution in [1.29, 1.82) is 0 Å². The molecule has 0 spiro atoms. The Morgan fingerprint density at radius 2 is 0.371 bits per heavy atom.